The summed E-state index contributed by atoms with van der Waals surface area (Å²) in [6.45, 7) is 11.7. The van der Waals surface area contributed by atoms with Crippen molar-refractivity contribution in [2.45, 2.75) is 66.8 Å². The van der Waals surface area contributed by atoms with Crippen molar-refractivity contribution in [3.63, 3.8) is 0 Å². The number of fused-ring (bicyclic) bond motifs is 5. The number of carboxylic acids is 1. The average molecular weight is 411 g/mol. The number of hydrogen-bond acceptors (Lipinski definition) is 3. The first-order valence-corrected chi connectivity index (χ1v) is 11.1. The molecule has 30 heavy (non-hydrogen) atoms. The number of nitrogens with zero attached hydrogens (tertiary/aromatic N) is 2. The van der Waals surface area contributed by atoms with Gasteiger partial charge in [-0.15, -0.1) is 0 Å². The first kappa shape index (κ1) is 23.5. The summed E-state index contributed by atoms with van der Waals surface area (Å²) in [4.78, 5) is 15.7. The van der Waals surface area contributed by atoms with Crippen LogP contribution in [0.25, 0.3) is 22.2 Å². The van der Waals surface area contributed by atoms with Gasteiger partial charge in [0.2, 0.25) is 5.88 Å². The van der Waals surface area contributed by atoms with E-state index in [1.165, 1.54) is 18.4 Å². The lowest BCUT2D eigenvalue weighted by Gasteiger charge is -2.08. The number of hydrogen-bond donors (Lipinski definition) is 1. The molecule has 3 aromatic rings. The lowest BCUT2D eigenvalue weighted by Crippen LogP contribution is -2.06. The van der Waals surface area contributed by atoms with E-state index in [1.807, 2.05) is 32.0 Å². The van der Waals surface area contributed by atoms with E-state index in [0.717, 1.165) is 35.0 Å². The minimum absolute atomic E-state index is 0.308. The van der Waals surface area contributed by atoms with Crippen LogP contribution in [0.1, 0.15) is 69.8 Å². The van der Waals surface area contributed by atoms with Crippen LogP contribution in [0.3, 0.4) is 0 Å². The Labute approximate surface area is 179 Å². The molecule has 0 saturated heterocycles. The summed E-state index contributed by atoms with van der Waals surface area (Å²) in [6, 6.07) is 9.32. The molecule has 0 unspecified atom stereocenters. The van der Waals surface area contributed by atoms with E-state index in [2.05, 4.69) is 30.3 Å². The van der Waals surface area contributed by atoms with Crippen LogP contribution in [-0.4, -0.2) is 27.2 Å². The Bertz CT molecular complexity index is 974. The molecule has 1 aromatic carbocycles. The number of rotatable bonds is 4. The molecule has 0 aliphatic carbocycles. The summed E-state index contributed by atoms with van der Waals surface area (Å²) in [5, 5.41) is 10.4. The van der Waals surface area contributed by atoms with Crippen molar-refractivity contribution in [3.05, 3.63) is 47.7 Å². The van der Waals surface area contributed by atoms with Crippen molar-refractivity contribution in [2.75, 3.05) is 6.61 Å². The first-order valence-electron chi connectivity index (χ1n) is 11.1. The summed E-state index contributed by atoms with van der Waals surface area (Å²) in [5.74, 6) is -0.258. The summed E-state index contributed by atoms with van der Waals surface area (Å²) >= 11 is 0. The number of aromatic nitrogens is 2. The van der Waals surface area contributed by atoms with Crippen LogP contribution < -0.4 is 4.74 Å². The van der Waals surface area contributed by atoms with Gasteiger partial charge in [0.05, 0.1) is 23.4 Å². The SMILES string of the molecule is CC.CCCC.CCCc1c2n(c3cc(C(=O)O)ccc13)CCOc1ncccc1-2. The van der Waals surface area contributed by atoms with Gasteiger partial charge < -0.3 is 14.4 Å². The Morgan fingerprint density at radius 2 is 1.87 bits per heavy atom. The highest BCUT2D eigenvalue weighted by Gasteiger charge is 2.24. The maximum atomic E-state index is 11.4. The number of benzene rings is 1. The third kappa shape index (κ3) is 4.84. The fourth-order valence-corrected chi connectivity index (χ4v) is 3.52. The zero-order valence-electron chi connectivity index (χ0n) is 18.9. The van der Waals surface area contributed by atoms with Gasteiger partial charge in [0.1, 0.15) is 6.61 Å². The van der Waals surface area contributed by atoms with Crippen molar-refractivity contribution in [1.29, 1.82) is 0 Å². The maximum Gasteiger partial charge on any atom is 0.335 e. The summed E-state index contributed by atoms with van der Waals surface area (Å²) in [5.41, 5.74) is 4.58. The average Bonchev–Trinajstić information content (AvgIpc) is 2.95. The van der Waals surface area contributed by atoms with Crippen molar-refractivity contribution in [1.82, 2.24) is 9.55 Å². The van der Waals surface area contributed by atoms with Crippen molar-refractivity contribution in [3.8, 4) is 17.1 Å². The molecular formula is C25H34N2O3. The number of pyridine rings is 1. The number of aromatic carboxylic acids is 1. The molecule has 162 valence electrons. The fourth-order valence-electron chi connectivity index (χ4n) is 3.52. The monoisotopic (exact) mass is 410 g/mol. The molecule has 3 heterocycles. The molecule has 0 fully saturated rings. The molecule has 0 spiro atoms. The summed E-state index contributed by atoms with van der Waals surface area (Å²) in [6.07, 6.45) is 6.32. The maximum absolute atomic E-state index is 11.4. The van der Waals surface area contributed by atoms with Crippen LogP contribution in [0.4, 0.5) is 0 Å². The standard InChI is InChI=1S/C19H18N2O3.C4H10.C2H6/c1-2-4-14-13-7-6-12(19(22)23)11-16(13)21-9-10-24-18-15(17(14)21)5-3-8-20-18;1-3-4-2;1-2/h3,5-8,11H,2,4,9-10H2,1H3,(H,22,23);3-4H2,1-2H3;1-2H3. The van der Waals surface area contributed by atoms with Gasteiger partial charge in [-0.3, -0.25) is 0 Å². The molecule has 0 amide bonds. The Morgan fingerprint density at radius 1 is 1.13 bits per heavy atom. The Balaban J connectivity index is 0.000000481. The highest BCUT2D eigenvalue weighted by atomic mass is 16.5. The molecule has 0 atom stereocenters. The number of carbonyl (C=O) groups is 1. The van der Waals surface area contributed by atoms with E-state index >= 15 is 0 Å². The smallest absolute Gasteiger partial charge is 0.335 e. The Morgan fingerprint density at radius 3 is 2.50 bits per heavy atom. The predicted molar refractivity (Wildman–Crippen MR) is 124 cm³/mol. The molecule has 5 nitrogen and oxygen atoms in total. The topological polar surface area (TPSA) is 64.4 Å². The quantitative estimate of drug-likeness (QED) is 0.528. The van der Waals surface area contributed by atoms with Gasteiger partial charge in [-0.1, -0.05) is 59.9 Å². The van der Waals surface area contributed by atoms with E-state index in [1.54, 1.807) is 18.3 Å². The van der Waals surface area contributed by atoms with E-state index in [0.29, 0.717) is 24.6 Å². The largest absolute Gasteiger partial charge is 0.478 e. The zero-order valence-corrected chi connectivity index (χ0v) is 18.9. The van der Waals surface area contributed by atoms with Gasteiger partial charge >= 0.3 is 5.97 Å². The first-order chi connectivity index (χ1) is 14.6. The molecular weight excluding hydrogens is 376 g/mol. The number of unbranched alkanes of at least 4 members (excludes halogenated alkanes) is 1. The lowest BCUT2D eigenvalue weighted by atomic mass is 10.0. The number of ether oxygens (including phenoxy) is 1. The van der Waals surface area contributed by atoms with Crippen LogP contribution in [0, 0.1) is 0 Å². The summed E-state index contributed by atoms with van der Waals surface area (Å²) < 4.78 is 7.98. The van der Waals surface area contributed by atoms with Gasteiger partial charge in [-0.25, -0.2) is 9.78 Å². The predicted octanol–water partition coefficient (Wildman–Crippen LogP) is 6.58. The van der Waals surface area contributed by atoms with Crippen LogP contribution in [0.5, 0.6) is 5.88 Å². The number of carboxylic acid groups (broad SMARTS) is 1. The molecule has 4 rings (SSSR count). The van der Waals surface area contributed by atoms with Crippen LogP contribution in [-0.2, 0) is 13.0 Å². The van der Waals surface area contributed by atoms with Crippen LogP contribution in [0.2, 0.25) is 0 Å². The third-order valence-electron chi connectivity index (χ3n) is 5.00. The van der Waals surface area contributed by atoms with Crippen LogP contribution >= 0.6 is 0 Å². The second-order valence-electron chi connectivity index (χ2n) is 6.97. The molecule has 0 saturated carbocycles. The number of aryl methyl sites for hydroxylation is 1. The molecule has 0 radical (unpaired) electrons. The van der Waals surface area contributed by atoms with Gasteiger partial charge in [0, 0.05) is 17.1 Å². The normalized spacial score (nSPS) is 11.6. The van der Waals surface area contributed by atoms with Crippen molar-refractivity contribution < 1.29 is 14.6 Å². The minimum atomic E-state index is -0.906. The van der Waals surface area contributed by atoms with Crippen molar-refractivity contribution >= 4 is 16.9 Å². The van der Waals surface area contributed by atoms with Gasteiger partial charge in [0.15, 0.2) is 0 Å². The van der Waals surface area contributed by atoms with Crippen LogP contribution in [0.15, 0.2) is 36.5 Å². The van der Waals surface area contributed by atoms with Gasteiger partial charge in [-0.05, 0) is 36.2 Å². The third-order valence-corrected chi connectivity index (χ3v) is 5.00. The highest BCUT2D eigenvalue weighted by Crippen LogP contribution is 2.39. The molecule has 2 aromatic heterocycles. The lowest BCUT2D eigenvalue weighted by molar-refractivity contribution is 0.0697. The fraction of sp³-hybridized carbons (Fsp3) is 0.440. The molecule has 1 aliphatic rings. The molecule has 5 heteroatoms. The highest BCUT2D eigenvalue weighted by molar-refractivity contribution is 5.98. The molecule has 1 N–H and O–H groups in total. The van der Waals surface area contributed by atoms with E-state index in [-0.39, 0.29) is 0 Å². The van der Waals surface area contributed by atoms with Gasteiger partial charge in [0.25, 0.3) is 0 Å². The second-order valence-corrected chi connectivity index (χ2v) is 6.97. The Hall–Kier alpha value is -2.82. The van der Waals surface area contributed by atoms with E-state index in [9.17, 15) is 9.90 Å². The minimum Gasteiger partial charge on any atom is -0.478 e. The van der Waals surface area contributed by atoms with E-state index < -0.39 is 5.97 Å². The molecule has 0 bridgehead atoms. The zero-order chi connectivity index (χ0) is 22.1. The molecule has 1 aliphatic heterocycles. The second kappa shape index (κ2) is 11.4. The Kier molecular flexibility index (Phi) is 8.90. The van der Waals surface area contributed by atoms with Crippen molar-refractivity contribution in [2.24, 2.45) is 0 Å². The van der Waals surface area contributed by atoms with E-state index in [4.69, 9.17) is 4.74 Å². The van der Waals surface area contributed by atoms with Gasteiger partial charge in [-0.2, -0.15) is 0 Å². The summed E-state index contributed by atoms with van der Waals surface area (Å²) in [7, 11) is 0.